The van der Waals surface area contributed by atoms with Crippen LogP contribution in [0.15, 0.2) is 29.4 Å². The quantitative estimate of drug-likeness (QED) is 0.652. The van der Waals surface area contributed by atoms with Crippen molar-refractivity contribution >= 4 is 12.1 Å². The van der Waals surface area contributed by atoms with Crippen LogP contribution < -0.4 is 5.43 Å². The van der Waals surface area contributed by atoms with Crippen LogP contribution in [0, 0.1) is 20.8 Å². The molecule has 0 aliphatic rings. The van der Waals surface area contributed by atoms with Gasteiger partial charge in [0.05, 0.1) is 6.21 Å². The minimum absolute atomic E-state index is 0.328. The van der Waals surface area contributed by atoms with Gasteiger partial charge in [0, 0.05) is 5.69 Å². The van der Waals surface area contributed by atoms with E-state index in [0.29, 0.717) is 5.69 Å². The van der Waals surface area contributed by atoms with Crippen molar-refractivity contribution in [3.63, 3.8) is 0 Å². The van der Waals surface area contributed by atoms with Crippen molar-refractivity contribution < 1.29 is 4.79 Å². The Hall–Kier alpha value is -2.43. The molecule has 5 nitrogen and oxygen atoms in total. The van der Waals surface area contributed by atoms with E-state index in [-0.39, 0.29) is 5.91 Å². The van der Waals surface area contributed by atoms with Crippen LogP contribution in [0.5, 0.6) is 0 Å². The summed E-state index contributed by atoms with van der Waals surface area (Å²) >= 11 is 0. The number of aromatic nitrogens is 2. The van der Waals surface area contributed by atoms with Gasteiger partial charge in [-0.25, -0.2) is 5.43 Å². The standard InChI is InChI=1S/C14H16N4O/c1-9-4-5-12(10(2)6-9)8-15-18-14(19)13-7-11(3)16-17-13/h4-8H,1-3H3,(H,16,17)(H,18,19)/b15-8+. The van der Waals surface area contributed by atoms with Crippen LogP contribution in [0.4, 0.5) is 0 Å². The predicted octanol–water partition coefficient (Wildman–Crippen LogP) is 2.10. The van der Waals surface area contributed by atoms with Gasteiger partial charge in [0.15, 0.2) is 5.69 Å². The predicted molar refractivity (Wildman–Crippen MR) is 74.3 cm³/mol. The van der Waals surface area contributed by atoms with E-state index in [1.165, 1.54) is 5.56 Å². The Bertz CT molecular complexity index is 628. The first kappa shape index (κ1) is 13.0. The van der Waals surface area contributed by atoms with Gasteiger partial charge in [0.2, 0.25) is 0 Å². The molecular formula is C14H16N4O. The highest BCUT2D eigenvalue weighted by molar-refractivity contribution is 5.93. The number of nitrogens with zero attached hydrogens (tertiary/aromatic N) is 2. The molecule has 1 amide bonds. The minimum atomic E-state index is -0.328. The Balaban J connectivity index is 2.02. The number of benzene rings is 1. The maximum atomic E-state index is 11.7. The molecule has 1 heterocycles. The number of amides is 1. The summed E-state index contributed by atoms with van der Waals surface area (Å²) in [6.45, 7) is 5.88. The summed E-state index contributed by atoms with van der Waals surface area (Å²) in [7, 11) is 0. The molecule has 0 aliphatic carbocycles. The van der Waals surface area contributed by atoms with Crippen molar-refractivity contribution in [2.75, 3.05) is 0 Å². The van der Waals surface area contributed by atoms with E-state index < -0.39 is 0 Å². The molecule has 0 saturated carbocycles. The summed E-state index contributed by atoms with van der Waals surface area (Å²) in [4.78, 5) is 11.7. The summed E-state index contributed by atoms with van der Waals surface area (Å²) in [5.74, 6) is -0.328. The average molecular weight is 256 g/mol. The molecule has 2 aromatic rings. The Kier molecular flexibility index (Phi) is 3.75. The molecule has 0 fully saturated rings. The normalized spacial score (nSPS) is 10.9. The third kappa shape index (κ3) is 3.28. The molecule has 2 rings (SSSR count). The molecule has 0 radical (unpaired) electrons. The molecule has 0 saturated heterocycles. The molecule has 1 aromatic carbocycles. The number of aryl methyl sites for hydroxylation is 3. The van der Waals surface area contributed by atoms with Crippen LogP contribution in [-0.2, 0) is 0 Å². The van der Waals surface area contributed by atoms with Crippen molar-refractivity contribution in [2.24, 2.45) is 5.10 Å². The number of hydrazone groups is 1. The lowest BCUT2D eigenvalue weighted by Crippen LogP contribution is -2.18. The van der Waals surface area contributed by atoms with Crippen LogP contribution in [0.25, 0.3) is 0 Å². The second-order valence-electron chi connectivity index (χ2n) is 4.50. The topological polar surface area (TPSA) is 70.1 Å². The fourth-order valence-corrected chi connectivity index (χ4v) is 1.72. The van der Waals surface area contributed by atoms with Crippen LogP contribution >= 0.6 is 0 Å². The minimum Gasteiger partial charge on any atom is -0.282 e. The van der Waals surface area contributed by atoms with Crippen molar-refractivity contribution in [3.8, 4) is 0 Å². The number of aromatic amines is 1. The van der Waals surface area contributed by atoms with Gasteiger partial charge in [-0.15, -0.1) is 0 Å². The zero-order valence-corrected chi connectivity index (χ0v) is 11.2. The number of rotatable bonds is 3. The van der Waals surface area contributed by atoms with Gasteiger partial charge in [0.25, 0.3) is 5.91 Å². The van der Waals surface area contributed by atoms with Crippen molar-refractivity contribution in [2.45, 2.75) is 20.8 Å². The lowest BCUT2D eigenvalue weighted by molar-refractivity contribution is 0.0950. The number of H-pyrrole nitrogens is 1. The van der Waals surface area contributed by atoms with Gasteiger partial charge in [-0.3, -0.25) is 9.89 Å². The smallest absolute Gasteiger partial charge is 0.282 e. The first-order chi connectivity index (χ1) is 9.06. The highest BCUT2D eigenvalue weighted by atomic mass is 16.2. The summed E-state index contributed by atoms with van der Waals surface area (Å²) in [5, 5.41) is 10.5. The van der Waals surface area contributed by atoms with Crippen LogP contribution in [0.2, 0.25) is 0 Å². The summed E-state index contributed by atoms with van der Waals surface area (Å²) in [6.07, 6.45) is 1.63. The largest absolute Gasteiger partial charge is 0.291 e. The maximum Gasteiger partial charge on any atom is 0.291 e. The van der Waals surface area contributed by atoms with E-state index in [1.54, 1.807) is 12.3 Å². The fourth-order valence-electron chi connectivity index (χ4n) is 1.72. The van der Waals surface area contributed by atoms with Crippen LogP contribution in [0.3, 0.4) is 0 Å². The van der Waals surface area contributed by atoms with Crippen LogP contribution in [-0.4, -0.2) is 22.3 Å². The van der Waals surface area contributed by atoms with E-state index in [1.807, 2.05) is 32.9 Å². The summed E-state index contributed by atoms with van der Waals surface area (Å²) in [5.41, 5.74) is 6.91. The number of hydrogen-bond acceptors (Lipinski definition) is 3. The van der Waals surface area contributed by atoms with E-state index in [2.05, 4.69) is 26.8 Å². The molecule has 2 N–H and O–H groups in total. The lowest BCUT2D eigenvalue weighted by atomic mass is 10.1. The van der Waals surface area contributed by atoms with Gasteiger partial charge in [0.1, 0.15) is 0 Å². The first-order valence-corrected chi connectivity index (χ1v) is 5.99. The number of nitrogens with one attached hydrogen (secondary N) is 2. The van der Waals surface area contributed by atoms with Gasteiger partial charge >= 0.3 is 0 Å². The van der Waals surface area contributed by atoms with Gasteiger partial charge in [-0.2, -0.15) is 10.2 Å². The SMILES string of the molecule is Cc1ccc(/C=N/NC(=O)c2cc(C)[nH]n2)c(C)c1. The van der Waals surface area contributed by atoms with Gasteiger partial charge < -0.3 is 0 Å². The molecule has 0 bridgehead atoms. The van der Waals surface area contributed by atoms with Gasteiger partial charge in [-0.1, -0.05) is 23.8 Å². The molecule has 19 heavy (non-hydrogen) atoms. The maximum absolute atomic E-state index is 11.7. The van der Waals surface area contributed by atoms with E-state index in [0.717, 1.165) is 16.8 Å². The Morgan fingerprint density at radius 3 is 2.74 bits per heavy atom. The summed E-state index contributed by atoms with van der Waals surface area (Å²) < 4.78 is 0. The first-order valence-electron chi connectivity index (χ1n) is 5.99. The van der Waals surface area contributed by atoms with E-state index >= 15 is 0 Å². The Morgan fingerprint density at radius 2 is 2.11 bits per heavy atom. The highest BCUT2D eigenvalue weighted by Crippen LogP contribution is 2.07. The van der Waals surface area contributed by atoms with Crippen molar-refractivity contribution in [1.29, 1.82) is 0 Å². The zero-order chi connectivity index (χ0) is 13.8. The third-order valence-electron chi connectivity index (χ3n) is 2.73. The van der Waals surface area contributed by atoms with E-state index in [9.17, 15) is 4.79 Å². The fraction of sp³-hybridized carbons (Fsp3) is 0.214. The molecule has 0 atom stereocenters. The molecule has 0 spiro atoms. The lowest BCUT2D eigenvalue weighted by Gasteiger charge is -2.01. The van der Waals surface area contributed by atoms with Crippen molar-refractivity contribution in [3.05, 3.63) is 52.3 Å². The zero-order valence-electron chi connectivity index (χ0n) is 11.2. The number of carbonyl (C=O) groups excluding carboxylic acids is 1. The molecule has 5 heteroatoms. The van der Waals surface area contributed by atoms with E-state index in [4.69, 9.17) is 0 Å². The molecule has 98 valence electrons. The molecule has 1 aromatic heterocycles. The highest BCUT2D eigenvalue weighted by Gasteiger charge is 2.07. The number of carbonyl (C=O) groups is 1. The van der Waals surface area contributed by atoms with Crippen LogP contribution in [0.1, 0.15) is 32.9 Å². The summed E-state index contributed by atoms with van der Waals surface area (Å²) in [6, 6.07) is 7.72. The third-order valence-corrected chi connectivity index (χ3v) is 2.73. The molecule has 0 unspecified atom stereocenters. The second-order valence-corrected chi connectivity index (χ2v) is 4.50. The average Bonchev–Trinajstić information content (AvgIpc) is 2.78. The number of hydrogen-bond donors (Lipinski definition) is 2. The van der Waals surface area contributed by atoms with Gasteiger partial charge in [-0.05, 0) is 38.0 Å². The Labute approximate surface area is 111 Å². The molecular weight excluding hydrogens is 240 g/mol. The second kappa shape index (κ2) is 5.48. The Morgan fingerprint density at radius 1 is 1.32 bits per heavy atom. The monoisotopic (exact) mass is 256 g/mol. The van der Waals surface area contributed by atoms with Crippen molar-refractivity contribution in [1.82, 2.24) is 15.6 Å². The molecule has 0 aliphatic heterocycles.